The van der Waals surface area contributed by atoms with Crippen LogP contribution < -0.4 is 10.6 Å². The highest BCUT2D eigenvalue weighted by molar-refractivity contribution is 5.78. The highest BCUT2D eigenvalue weighted by atomic mass is 16.5. The van der Waals surface area contributed by atoms with Crippen LogP contribution in [0.5, 0.6) is 0 Å². The van der Waals surface area contributed by atoms with Gasteiger partial charge in [0.15, 0.2) is 0 Å². The third-order valence-corrected chi connectivity index (χ3v) is 3.74. The Labute approximate surface area is 108 Å². The Hall–Kier alpha value is -1.10. The van der Waals surface area contributed by atoms with Gasteiger partial charge in [0.25, 0.3) is 0 Å². The van der Waals surface area contributed by atoms with Crippen molar-refractivity contribution in [2.75, 3.05) is 13.2 Å². The Kier molecular flexibility index (Phi) is 4.58. The standard InChI is InChI=1S/C13H22N2O3/c1-2-18-13(17)9-4-3-5-10(6-9)15-11-7-12(16)14-8-11/h9-11,15H,2-8H2,1H3,(H,14,16). The first-order chi connectivity index (χ1) is 8.69. The van der Waals surface area contributed by atoms with Gasteiger partial charge in [0.05, 0.1) is 12.5 Å². The van der Waals surface area contributed by atoms with Gasteiger partial charge in [-0.2, -0.15) is 0 Å². The zero-order valence-corrected chi connectivity index (χ0v) is 10.9. The van der Waals surface area contributed by atoms with E-state index in [1.54, 1.807) is 0 Å². The average Bonchev–Trinajstić information content (AvgIpc) is 2.75. The number of rotatable bonds is 4. The van der Waals surface area contributed by atoms with E-state index < -0.39 is 0 Å². The van der Waals surface area contributed by atoms with Crippen molar-refractivity contribution in [3.8, 4) is 0 Å². The Morgan fingerprint density at radius 1 is 1.44 bits per heavy atom. The Morgan fingerprint density at radius 2 is 2.28 bits per heavy atom. The summed E-state index contributed by atoms with van der Waals surface area (Å²) < 4.78 is 5.08. The topological polar surface area (TPSA) is 67.4 Å². The monoisotopic (exact) mass is 254 g/mol. The molecule has 102 valence electrons. The second-order valence-corrected chi connectivity index (χ2v) is 5.18. The molecule has 1 saturated carbocycles. The predicted octanol–water partition coefficient (Wildman–Crippen LogP) is 0.586. The summed E-state index contributed by atoms with van der Waals surface area (Å²) in [5.74, 6) is 0.0798. The van der Waals surface area contributed by atoms with Crippen molar-refractivity contribution in [2.24, 2.45) is 5.92 Å². The molecule has 3 atom stereocenters. The van der Waals surface area contributed by atoms with Crippen molar-refractivity contribution in [1.82, 2.24) is 10.6 Å². The van der Waals surface area contributed by atoms with Gasteiger partial charge in [0, 0.05) is 25.0 Å². The zero-order valence-electron chi connectivity index (χ0n) is 10.9. The molecule has 0 aromatic heterocycles. The average molecular weight is 254 g/mol. The van der Waals surface area contributed by atoms with Crippen LogP contribution in [0.15, 0.2) is 0 Å². The lowest BCUT2D eigenvalue weighted by Gasteiger charge is -2.30. The number of hydrogen-bond donors (Lipinski definition) is 2. The lowest BCUT2D eigenvalue weighted by atomic mass is 9.85. The highest BCUT2D eigenvalue weighted by Gasteiger charge is 2.31. The van der Waals surface area contributed by atoms with E-state index in [0.717, 1.165) is 25.7 Å². The first-order valence-corrected chi connectivity index (χ1v) is 6.88. The van der Waals surface area contributed by atoms with Gasteiger partial charge < -0.3 is 15.4 Å². The van der Waals surface area contributed by atoms with E-state index in [-0.39, 0.29) is 23.8 Å². The van der Waals surface area contributed by atoms with E-state index in [1.807, 2.05) is 6.92 Å². The van der Waals surface area contributed by atoms with Gasteiger partial charge in [0.1, 0.15) is 0 Å². The number of esters is 1. The van der Waals surface area contributed by atoms with Crippen molar-refractivity contribution in [3.05, 3.63) is 0 Å². The maximum atomic E-state index is 11.7. The van der Waals surface area contributed by atoms with Crippen LogP contribution >= 0.6 is 0 Å². The van der Waals surface area contributed by atoms with Crippen LogP contribution in [0.3, 0.4) is 0 Å². The summed E-state index contributed by atoms with van der Waals surface area (Å²) in [4.78, 5) is 22.8. The molecule has 2 rings (SSSR count). The molecule has 0 aromatic carbocycles. The molecule has 1 aliphatic carbocycles. The van der Waals surface area contributed by atoms with Crippen LogP contribution in [0.25, 0.3) is 0 Å². The first kappa shape index (κ1) is 13.3. The molecule has 2 N–H and O–H groups in total. The fourth-order valence-electron chi connectivity index (χ4n) is 2.87. The molecule has 1 heterocycles. The van der Waals surface area contributed by atoms with Crippen LogP contribution in [-0.2, 0) is 14.3 Å². The van der Waals surface area contributed by atoms with Crippen molar-refractivity contribution < 1.29 is 14.3 Å². The van der Waals surface area contributed by atoms with Crippen molar-refractivity contribution in [3.63, 3.8) is 0 Å². The van der Waals surface area contributed by atoms with Gasteiger partial charge in [-0.05, 0) is 26.2 Å². The van der Waals surface area contributed by atoms with Crippen LogP contribution in [0.1, 0.15) is 39.0 Å². The fourth-order valence-corrected chi connectivity index (χ4v) is 2.87. The molecule has 0 bridgehead atoms. The van der Waals surface area contributed by atoms with E-state index in [9.17, 15) is 9.59 Å². The fraction of sp³-hybridized carbons (Fsp3) is 0.846. The SMILES string of the molecule is CCOC(=O)C1CCCC(NC2CNC(=O)C2)C1. The molecule has 1 saturated heterocycles. The molecule has 18 heavy (non-hydrogen) atoms. The molecule has 2 aliphatic rings. The summed E-state index contributed by atoms with van der Waals surface area (Å²) >= 11 is 0. The van der Waals surface area contributed by atoms with Gasteiger partial charge >= 0.3 is 5.97 Å². The van der Waals surface area contributed by atoms with Crippen LogP contribution in [0.2, 0.25) is 0 Å². The second-order valence-electron chi connectivity index (χ2n) is 5.18. The number of hydrogen-bond acceptors (Lipinski definition) is 4. The molecular weight excluding hydrogens is 232 g/mol. The summed E-state index contributed by atoms with van der Waals surface area (Å²) in [5.41, 5.74) is 0. The molecule has 5 nitrogen and oxygen atoms in total. The van der Waals surface area contributed by atoms with Gasteiger partial charge in [0.2, 0.25) is 5.91 Å². The first-order valence-electron chi connectivity index (χ1n) is 6.88. The molecule has 2 fully saturated rings. The van der Waals surface area contributed by atoms with Gasteiger partial charge in [-0.3, -0.25) is 9.59 Å². The number of amides is 1. The summed E-state index contributed by atoms with van der Waals surface area (Å²) in [6.45, 7) is 3.00. The van der Waals surface area contributed by atoms with Gasteiger partial charge in [-0.1, -0.05) is 6.42 Å². The maximum absolute atomic E-state index is 11.7. The number of ether oxygens (including phenoxy) is 1. The van der Waals surface area contributed by atoms with E-state index in [4.69, 9.17) is 4.74 Å². The Bertz CT molecular complexity index is 319. The van der Waals surface area contributed by atoms with Crippen LogP contribution in [0.4, 0.5) is 0 Å². The third-order valence-electron chi connectivity index (χ3n) is 3.74. The Balaban J connectivity index is 1.79. The lowest BCUT2D eigenvalue weighted by Crippen LogP contribution is -2.43. The number of carbonyl (C=O) groups excluding carboxylic acids is 2. The van der Waals surface area contributed by atoms with E-state index >= 15 is 0 Å². The maximum Gasteiger partial charge on any atom is 0.308 e. The van der Waals surface area contributed by atoms with E-state index in [2.05, 4.69) is 10.6 Å². The highest BCUT2D eigenvalue weighted by Crippen LogP contribution is 2.26. The smallest absolute Gasteiger partial charge is 0.308 e. The van der Waals surface area contributed by atoms with Gasteiger partial charge in [-0.15, -0.1) is 0 Å². The lowest BCUT2D eigenvalue weighted by molar-refractivity contribution is -0.149. The summed E-state index contributed by atoms with van der Waals surface area (Å²) in [6, 6.07) is 0.564. The normalized spacial score (nSPS) is 32.1. The molecular formula is C13H22N2O3. The van der Waals surface area contributed by atoms with Crippen molar-refractivity contribution >= 4 is 11.9 Å². The number of carbonyl (C=O) groups is 2. The van der Waals surface area contributed by atoms with Crippen LogP contribution in [0, 0.1) is 5.92 Å². The molecule has 0 radical (unpaired) electrons. The van der Waals surface area contributed by atoms with Crippen LogP contribution in [-0.4, -0.2) is 37.1 Å². The molecule has 0 aromatic rings. The summed E-state index contributed by atoms with van der Waals surface area (Å²) in [5, 5.41) is 6.30. The van der Waals surface area contributed by atoms with Crippen molar-refractivity contribution in [2.45, 2.75) is 51.1 Å². The predicted molar refractivity (Wildman–Crippen MR) is 66.9 cm³/mol. The van der Waals surface area contributed by atoms with Crippen molar-refractivity contribution in [1.29, 1.82) is 0 Å². The minimum atomic E-state index is -0.0652. The van der Waals surface area contributed by atoms with E-state index in [1.165, 1.54) is 0 Å². The molecule has 0 spiro atoms. The Morgan fingerprint density at radius 3 is 2.94 bits per heavy atom. The molecule has 1 aliphatic heterocycles. The minimum Gasteiger partial charge on any atom is -0.466 e. The summed E-state index contributed by atoms with van der Waals surface area (Å²) in [7, 11) is 0. The third kappa shape index (κ3) is 3.45. The largest absolute Gasteiger partial charge is 0.466 e. The van der Waals surface area contributed by atoms with E-state index in [0.29, 0.717) is 25.6 Å². The molecule has 1 amide bonds. The molecule has 5 heteroatoms. The zero-order chi connectivity index (χ0) is 13.0. The summed E-state index contributed by atoms with van der Waals surface area (Å²) in [6.07, 6.45) is 4.46. The quantitative estimate of drug-likeness (QED) is 0.720. The second kappa shape index (κ2) is 6.18. The number of nitrogens with one attached hydrogen (secondary N) is 2. The minimum absolute atomic E-state index is 0.0289. The molecule has 3 unspecified atom stereocenters. The van der Waals surface area contributed by atoms with Gasteiger partial charge in [-0.25, -0.2) is 0 Å².